The monoisotopic (exact) mass is 531 g/mol. The molecule has 2 amide bonds. The molecule has 2 aromatic carbocycles. The van der Waals surface area contributed by atoms with Crippen LogP contribution in [0.2, 0.25) is 10.0 Å². The van der Waals surface area contributed by atoms with Gasteiger partial charge < -0.3 is 15.1 Å². The van der Waals surface area contributed by atoms with Crippen LogP contribution in [0.3, 0.4) is 0 Å². The maximum atomic E-state index is 12.6. The number of carbonyl (C=O) groups is 2. The van der Waals surface area contributed by atoms with Gasteiger partial charge in [0.15, 0.2) is 0 Å². The molecule has 4 rings (SSSR count). The number of carbonyl (C=O) groups excluding carboxylic acids is 2. The van der Waals surface area contributed by atoms with Crippen LogP contribution in [0.15, 0.2) is 67.3 Å². The Morgan fingerprint density at radius 1 is 1.03 bits per heavy atom. The lowest BCUT2D eigenvalue weighted by atomic mass is 9.96. The molecule has 0 aliphatic carbocycles. The van der Waals surface area contributed by atoms with Crippen LogP contribution in [-0.4, -0.2) is 54.3 Å². The summed E-state index contributed by atoms with van der Waals surface area (Å²) < 4.78 is 0. The Balaban J connectivity index is 0.000000383. The molecule has 0 radical (unpaired) electrons. The molecular weight excluding hydrogens is 493 g/mol. The number of allylic oxidation sites excluding steroid dienone is 1. The average Bonchev–Trinajstić information content (AvgIpc) is 2.87. The van der Waals surface area contributed by atoms with Gasteiger partial charge in [-0.2, -0.15) is 0 Å². The molecular formula is C29H39Cl2N3O2. The highest BCUT2D eigenvalue weighted by atomic mass is 35.5. The Bertz CT molecular complexity index is 933. The fourth-order valence-electron chi connectivity index (χ4n) is 4.24. The largest absolute Gasteiger partial charge is 0.342 e. The molecule has 36 heavy (non-hydrogen) atoms. The summed E-state index contributed by atoms with van der Waals surface area (Å²) in [5, 5.41) is 4.32. The third-order valence-corrected chi connectivity index (χ3v) is 6.53. The molecule has 2 fully saturated rings. The van der Waals surface area contributed by atoms with E-state index in [1.54, 1.807) is 18.2 Å². The summed E-state index contributed by atoms with van der Waals surface area (Å²) in [6.45, 7) is 9.92. The Hall–Kier alpha value is -2.34. The van der Waals surface area contributed by atoms with Crippen LogP contribution in [0.25, 0.3) is 0 Å². The van der Waals surface area contributed by atoms with Gasteiger partial charge in [-0.05, 0) is 82.6 Å². The molecule has 0 saturated carbocycles. The molecule has 0 spiro atoms. The molecule has 0 aromatic heterocycles. The minimum absolute atomic E-state index is 0.0270. The van der Waals surface area contributed by atoms with E-state index in [0.29, 0.717) is 30.1 Å². The maximum absolute atomic E-state index is 12.6. The van der Waals surface area contributed by atoms with E-state index in [1.807, 2.05) is 54.3 Å². The molecule has 2 aliphatic rings. The SMILES string of the molecule is C=CC.Clc1ccccc1.O=C(Nc1cccc(Cl)c1)C1CCC(=O)N(CCCN2CCCCC2)C1. The number of rotatable bonds is 6. The number of hydrogen-bond donors (Lipinski definition) is 1. The van der Waals surface area contributed by atoms with Gasteiger partial charge in [-0.3, -0.25) is 9.59 Å². The highest BCUT2D eigenvalue weighted by Crippen LogP contribution is 2.21. The lowest BCUT2D eigenvalue weighted by molar-refractivity contribution is -0.137. The van der Waals surface area contributed by atoms with E-state index in [2.05, 4.69) is 16.8 Å². The molecule has 5 nitrogen and oxygen atoms in total. The van der Waals surface area contributed by atoms with Crippen LogP contribution in [0.5, 0.6) is 0 Å². The first-order valence-electron chi connectivity index (χ1n) is 12.8. The summed E-state index contributed by atoms with van der Waals surface area (Å²) in [7, 11) is 0. The van der Waals surface area contributed by atoms with Crippen molar-refractivity contribution in [2.75, 3.05) is 38.0 Å². The standard InChI is InChI=1S/C20H28ClN3O2.C6H5Cl.C3H6/c21-17-6-4-7-18(14-17)22-20(26)16-8-9-19(25)24(15-16)13-5-12-23-10-2-1-3-11-23;7-6-4-2-1-3-5-6;1-3-2/h4,6-7,14,16H,1-3,5,8-13,15H2,(H,22,26);1-5H;3H,1H2,2H3. The smallest absolute Gasteiger partial charge is 0.229 e. The summed E-state index contributed by atoms with van der Waals surface area (Å²) in [6, 6.07) is 16.6. The minimum atomic E-state index is -0.151. The lowest BCUT2D eigenvalue weighted by Crippen LogP contribution is -2.45. The van der Waals surface area contributed by atoms with Crippen LogP contribution in [0, 0.1) is 5.92 Å². The van der Waals surface area contributed by atoms with E-state index in [0.717, 1.165) is 24.5 Å². The highest BCUT2D eigenvalue weighted by molar-refractivity contribution is 6.31. The molecule has 7 heteroatoms. The zero-order chi connectivity index (χ0) is 26.2. The van der Waals surface area contributed by atoms with E-state index < -0.39 is 0 Å². The van der Waals surface area contributed by atoms with Crippen molar-refractivity contribution in [1.29, 1.82) is 0 Å². The number of benzene rings is 2. The number of piperidine rings is 2. The van der Waals surface area contributed by atoms with Crippen LogP contribution in [-0.2, 0) is 9.59 Å². The first-order chi connectivity index (χ1) is 17.4. The molecule has 2 heterocycles. The van der Waals surface area contributed by atoms with E-state index in [-0.39, 0.29) is 17.7 Å². The van der Waals surface area contributed by atoms with Crippen molar-refractivity contribution in [2.24, 2.45) is 5.92 Å². The molecule has 1 N–H and O–H groups in total. The Kier molecular flexibility index (Phi) is 14.3. The number of anilines is 1. The second-order valence-electron chi connectivity index (χ2n) is 9.03. The summed E-state index contributed by atoms with van der Waals surface area (Å²) in [5.74, 6) is -0.00193. The molecule has 1 atom stereocenters. The summed E-state index contributed by atoms with van der Waals surface area (Å²) in [4.78, 5) is 29.1. The molecule has 1 unspecified atom stereocenters. The van der Waals surface area contributed by atoms with E-state index in [9.17, 15) is 9.59 Å². The highest BCUT2D eigenvalue weighted by Gasteiger charge is 2.30. The fraction of sp³-hybridized carbons (Fsp3) is 0.448. The molecule has 2 aliphatic heterocycles. The Morgan fingerprint density at radius 3 is 2.31 bits per heavy atom. The molecule has 196 valence electrons. The van der Waals surface area contributed by atoms with Gasteiger partial charge in [-0.1, -0.05) is 60.0 Å². The quantitative estimate of drug-likeness (QED) is 0.411. The second-order valence-corrected chi connectivity index (χ2v) is 9.91. The maximum Gasteiger partial charge on any atom is 0.229 e. The van der Waals surface area contributed by atoms with Gasteiger partial charge in [0.1, 0.15) is 0 Å². The Labute approximate surface area is 226 Å². The van der Waals surface area contributed by atoms with Crippen molar-refractivity contribution < 1.29 is 9.59 Å². The number of amides is 2. The summed E-state index contributed by atoms with van der Waals surface area (Å²) in [6.07, 6.45) is 7.72. The van der Waals surface area contributed by atoms with Gasteiger partial charge in [-0.15, -0.1) is 6.58 Å². The van der Waals surface area contributed by atoms with Crippen molar-refractivity contribution in [3.05, 3.63) is 77.3 Å². The first kappa shape index (κ1) is 29.9. The van der Waals surface area contributed by atoms with Crippen LogP contribution in [0.4, 0.5) is 5.69 Å². The third kappa shape index (κ3) is 11.6. The average molecular weight is 533 g/mol. The number of halogens is 2. The molecule has 2 saturated heterocycles. The van der Waals surface area contributed by atoms with E-state index >= 15 is 0 Å². The van der Waals surface area contributed by atoms with Crippen molar-refractivity contribution in [1.82, 2.24) is 9.80 Å². The van der Waals surface area contributed by atoms with Gasteiger partial charge in [0, 0.05) is 35.2 Å². The lowest BCUT2D eigenvalue weighted by Gasteiger charge is -2.33. The van der Waals surface area contributed by atoms with Gasteiger partial charge in [0.2, 0.25) is 11.8 Å². The number of nitrogens with zero attached hydrogens (tertiary/aromatic N) is 2. The van der Waals surface area contributed by atoms with Crippen molar-refractivity contribution in [3.8, 4) is 0 Å². The van der Waals surface area contributed by atoms with Crippen LogP contribution in [0.1, 0.15) is 45.4 Å². The van der Waals surface area contributed by atoms with E-state index in [4.69, 9.17) is 23.2 Å². The van der Waals surface area contributed by atoms with Crippen molar-refractivity contribution >= 4 is 40.7 Å². The van der Waals surface area contributed by atoms with Gasteiger partial charge in [0.05, 0.1) is 5.92 Å². The number of likely N-dealkylation sites (tertiary alicyclic amines) is 2. The Morgan fingerprint density at radius 2 is 1.69 bits per heavy atom. The van der Waals surface area contributed by atoms with Gasteiger partial charge in [0.25, 0.3) is 0 Å². The first-order valence-corrected chi connectivity index (χ1v) is 13.5. The van der Waals surface area contributed by atoms with Gasteiger partial charge >= 0.3 is 0 Å². The predicted octanol–water partition coefficient (Wildman–Crippen LogP) is 6.93. The minimum Gasteiger partial charge on any atom is -0.342 e. The third-order valence-electron chi connectivity index (χ3n) is 6.05. The van der Waals surface area contributed by atoms with E-state index in [1.165, 1.54) is 32.4 Å². The summed E-state index contributed by atoms with van der Waals surface area (Å²) in [5.41, 5.74) is 0.705. The molecule has 2 aromatic rings. The molecule has 0 bridgehead atoms. The van der Waals surface area contributed by atoms with Crippen LogP contribution >= 0.6 is 23.2 Å². The predicted molar refractivity (Wildman–Crippen MR) is 152 cm³/mol. The zero-order valence-electron chi connectivity index (χ0n) is 21.3. The van der Waals surface area contributed by atoms with Crippen molar-refractivity contribution in [3.63, 3.8) is 0 Å². The fourth-order valence-corrected chi connectivity index (χ4v) is 4.57. The summed E-state index contributed by atoms with van der Waals surface area (Å²) >= 11 is 11.5. The van der Waals surface area contributed by atoms with Crippen LogP contribution < -0.4 is 5.32 Å². The topological polar surface area (TPSA) is 52.7 Å². The number of hydrogen-bond acceptors (Lipinski definition) is 3. The zero-order valence-corrected chi connectivity index (χ0v) is 22.8. The van der Waals surface area contributed by atoms with Crippen molar-refractivity contribution in [2.45, 2.75) is 45.4 Å². The second kappa shape index (κ2) is 17.2. The van der Waals surface area contributed by atoms with Gasteiger partial charge in [-0.25, -0.2) is 0 Å². The number of nitrogens with one attached hydrogen (secondary N) is 1. The normalized spacial score (nSPS) is 17.7.